The van der Waals surface area contributed by atoms with Crippen LogP contribution in [0.1, 0.15) is 52.1 Å². The van der Waals surface area contributed by atoms with Gasteiger partial charge in [0.1, 0.15) is 0 Å². The molecule has 112 valence electrons. The smallest absolute Gasteiger partial charge is 0.0375 e. The molecule has 1 aliphatic heterocycles. The van der Waals surface area contributed by atoms with E-state index in [1.807, 2.05) is 0 Å². The second-order valence-corrected chi connectivity index (χ2v) is 6.37. The van der Waals surface area contributed by atoms with Crippen LogP contribution in [0.5, 0.6) is 0 Å². The Hall–Kier alpha value is -0.860. The van der Waals surface area contributed by atoms with Crippen molar-refractivity contribution in [3.8, 4) is 0 Å². The van der Waals surface area contributed by atoms with Crippen molar-refractivity contribution in [2.75, 3.05) is 13.1 Å². The standard InChI is InChI=1S/C18H30N2/c1-5-16-13-20(17(6-2)12-19-16)18(14(3)4)15-10-8-7-9-11-15/h7-11,14,16-19H,5-6,12-13H2,1-4H3. The second-order valence-electron chi connectivity index (χ2n) is 6.37. The van der Waals surface area contributed by atoms with E-state index in [0.29, 0.717) is 24.0 Å². The van der Waals surface area contributed by atoms with Crippen LogP contribution in [-0.2, 0) is 0 Å². The molecule has 0 radical (unpaired) electrons. The zero-order valence-electron chi connectivity index (χ0n) is 13.5. The Morgan fingerprint density at radius 1 is 1.15 bits per heavy atom. The molecular weight excluding hydrogens is 244 g/mol. The molecule has 0 saturated carbocycles. The highest BCUT2D eigenvalue weighted by Gasteiger charge is 2.33. The van der Waals surface area contributed by atoms with Gasteiger partial charge in [-0.25, -0.2) is 0 Å². The highest BCUT2D eigenvalue weighted by molar-refractivity contribution is 5.20. The number of nitrogens with zero attached hydrogens (tertiary/aromatic N) is 1. The van der Waals surface area contributed by atoms with E-state index in [4.69, 9.17) is 0 Å². The summed E-state index contributed by atoms with van der Waals surface area (Å²) in [6.45, 7) is 11.6. The van der Waals surface area contributed by atoms with Crippen molar-refractivity contribution in [3.05, 3.63) is 35.9 Å². The van der Waals surface area contributed by atoms with Gasteiger partial charge in [0, 0.05) is 31.2 Å². The van der Waals surface area contributed by atoms with Crippen LogP contribution in [0.2, 0.25) is 0 Å². The molecule has 1 heterocycles. The van der Waals surface area contributed by atoms with Gasteiger partial charge in [0.15, 0.2) is 0 Å². The van der Waals surface area contributed by atoms with Gasteiger partial charge in [0.05, 0.1) is 0 Å². The molecule has 1 fully saturated rings. The average molecular weight is 274 g/mol. The number of hydrogen-bond acceptors (Lipinski definition) is 2. The Morgan fingerprint density at radius 3 is 2.40 bits per heavy atom. The van der Waals surface area contributed by atoms with Crippen LogP contribution in [0.15, 0.2) is 30.3 Å². The Bertz CT molecular complexity index is 388. The lowest BCUT2D eigenvalue weighted by Crippen LogP contribution is -2.57. The van der Waals surface area contributed by atoms with Crippen molar-refractivity contribution in [3.63, 3.8) is 0 Å². The summed E-state index contributed by atoms with van der Waals surface area (Å²) < 4.78 is 0. The van der Waals surface area contributed by atoms with E-state index in [1.165, 1.54) is 24.9 Å². The van der Waals surface area contributed by atoms with Gasteiger partial charge in [0.25, 0.3) is 0 Å². The minimum Gasteiger partial charge on any atom is -0.311 e. The maximum atomic E-state index is 3.70. The Morgan fingerprint density at radius 2 is 1.85 bits per heavy atom. The van der Waals surface area contributed by atoms with Crippen LogP contribution in [0, 0.1) is 5.92 Å². The Labute approximate surface area is 124 Å². The minimum atomic E-state index is 0.539. The topological polar surface area (TPSA) is 15.3 Å². The first-order valence-electron chi connectivity index (χ1n) is 8.21. The first-order chi connectivity index (χ1) is 9.67. The van der Waals surface area contributed by atoms with E-state index in [9.17, 15) is 0 Å². The molecular formula is C18H30N2. The fourth-order valence-corrected chi connectivity index (χ4v) is 3.49. The summed E-state index contributed by atoms with van der Waals surface area (Å²) in [5.74, 6) is 0.641. The number of piperazine rings is 1. The van der Waals surface area contributed by atoms with Crippen LogP contribution in [-0.4, -0.2) is 30.1 Å². The van der Waals surface area contributed by atoms with E-state index in [0.717, 1.165) is 6.54 Å². The predicted molar refractivity (Wildman–Crippen MR) is 86.9 cm³/mol. The third-order valence-electron chi connectivity index (χ3n) is 4.64. The normalized spacial score (nSPS) is 25.9. The van der Waals surface area contributed by atoms with E-state index in [1.54, 1.807) is 0 Å². The van der Waals surface area contributed by atoms with Crippen molar-refractivity contribution in [1.29, 1.82) is 0 Å². The molecule has 2 nitrogen and oxygen atoms in total. The van der Waals surface area contributed by atoms with Crippen LogP contribution >= 0.6 is 0 Å². The number of hydrogen-bond donors (Lipinski definition) is 1. The van der Waals surface area contributed by atoms with E-state index in [-0.39, 0.29) is 0 Å². The molecule has 0 amide bonds. The molecule has 3 unspecified atom stereocenters. The van der Waals surface area contributed by atoms with E-state index >= 15 is 0 Å². The minimum absolute atomic E-state index is 0.539. The van der Waals surface area contributed by atoms with Crippen molar-refractivity contribution in [1.82, 2.24) is 10.2 Å². The second kappa shape index (κ2) is 7.24. The molecule has 0 aromatic heterocycles. The molecule has 1 aliphatic rings. The number of benzene rings is 1. The van der Waals surface area contributed by atoms with Crippen molar-refractivity contribution in [2.45, 2.75) is 58.7 Å². The van der Waals surface area contributed by atoms with Crippen molar-refractivity contribution < 1.29 is 0 Å². The molecule has 20 heavy (non-hydrogen) atoms. The largest absolute Gasteiger partial charge is 0.311 e. The number of nitrogens with one attached hydrogen (secondary N) is 1. The summed E-state index contributed by atoms with van der Waals surface area (Å²) in [4.78, 5) is 2.75. The monoisotopic (exact) mass is 274 g/mol. The maximum absolute atomic E-state index is 3.70. The Kier molecular flexibility index (Phi) is 5.62. The molecule has 1 aromatic rings. The third kappa shape index (κ3) is 3.42. The van der Waals surface area contributed by atoms with Gasteiger partial charge in [-0.3, -0.25) is 4.90 Å². The highest BCUT2D eigenvalue weighted by atomic mass is 15.3. The molecule has 0 spiro atoms. The van der Waals surface area contributed by atoms with Crippen LogP contribution in [0.3, 0.4) is 0 Å². The van der Waals surface area contributed by atoms with Crippen molar-refractivity contribution in [2.24, 2.45) is 5.92 Å². The van der Waals surface area contributed by atoms with Gasteiger partial charge < -0.3 is 5.32 Å². The molecule has 3 atom stereocenters. The fraction of sp³-hybridized carbons (Fsp3) is 0.667. The zero-order valence-corrected chi connectivity index (χ0v) is 13.5. The fourth-order valence-electron chi connectivity index (χ4n) is 3.49. The Balaban J connectivity index is 2.26. The lowest BCUT2D eigenvalue weighted by molar-refractivity contribution is 0.0546. The van der Waals surface area contributed by atoms with Gasteiger partial charge in [-0.1, -0.05) is 58.0 Å². The molecule has 2 rings (SSSR count). The SMILES string of the molecule is CCC1CN(C(c2ccccc2)C(C)C)C(CC)CN1. The molecule has 1 saturated heterocycles. The first-order valence-corrected chi connectivity index (χ1v) is 8.21. The zero-order chi connectivity index (χ0) is 14.5. The van der Waals surface area contributed by atoms with Gasteiger partial charge in [-0.05, 0) is 24.3 Å². The van der Waals surface area contributed by atoms with Crippen molar-refractivity contribution >= 4 is 0 Å². The molecule has 1 N–H and O–H groups in total. The van der Waals surface area contributed by atoms with Gasteiger partial charge in [-0.15, -0.1) is 0 Å². The maximum Gasteiger partial charge on any atom is 0.0375 e. The number of rotatable bonds is 5. The predicted octanol–water partition coefficient (Wildman–Crippen LogP) is 3.85. The van der Waals surface area contributed by atoms with Gasteiger partial charge >= 0.3 is 0 Å². The first kappa shape index (κ1) is 15.5. The molecule has 0 bridgehead atoms. The third-order valence-corrected chi connectivity index (χ3v) is 4.64. The average Bonchev–Trinajstić information content (AvgIpc) is 2.48. The summed E-state index contributed by atoms with van der Waals surface area (Å²) in [6, 6.07) is 12.9. The summed E-state index contributed by atoms with van der Waals surface area (Å²) >= 11 is 0. The molecule has 0 aliphatic carbocycles. The van der Waals surface area contributed by atoms with Crippen LogP contribution < -0.4 is 5.32 Å². The van der Waals surface area contributed by atoms with Crippen LogP contribution in [0.25, 0.3) is 0 Å². The quantitative estimate of drug-likeness (QED) is 0.877. The van der Waals surface area contributed by atoms with Gasteiger partial charge in [0.2, 0.25) is 0 Å². The van der Waals surface area contributed by atoms with E-state index in [2.05, 4.69) is 68.2 Å². The molecule has 2 heteroatoms. The molecule has 1 aromatic carbocycles. The summed E-state index contributed by atoms with van der Waals surface area (Å²) in [5, 5.41) is 3.70. The highest BCUT2D eigenvalue weighted by Crippen LogP contribution is 2.32. The van der Waals surface area contributed by atoms with E-state index < -0.39 is 0 Å². The lowest BCUT2D eigenvalue weighted by atomic mass is 9.90. The van der Waals surface area contributed by atoms with Gasteiger partial charge in [-0.2, -0.15) is 0 Å². The lowest BCUT2D eigenvalue weighted by Gasteiger charge is -2.46. The van der Waals surface area contributed by atoms with Crippen LogP contribution in [0.4, 0.5) is 0 Å². The summed E-state index contributed by atoms with van der Waals surface area (Å²) in [6.07, 6.45) is 2.44. The summed E-state index contributed by atoms with van der Waals surface area (Å²) in [7, 11) is 0. The summed E-state index contributed by atoms with van der Waals surface area (Å²) in [5.41, 5.74) is 1.47.